The minimum atomic E-state index is -0.323. The minimum absolute atomic E-state index is 0. The monoisotopic (exact) mass is 281 g/mol. The molecular weight excluding hydrogens is 272 g/mol. The molecule has 0 aliphatic carbocycles. The molecule has 5 heteroatoms. The van der Waals surface area contributed by atoms with E-state index in [1.165, 1.54) is 12.1 Å². The third-order valence-electron chi connectivity index (χ3n) is 1.63. The van der Waals surface area contributed by atoms with E-state index in [2.05, 4.69) is 15.9 Å². The van der Waals surface area contributed by atoms with E-state index in [-0.39, 0.29) is 37.0 Å². The number of carbonyl (C=O) groups is 1. The van der Waals surface area contributed by atoms with Crippen LogP contribution in [0.4, 0.5) is 4.39 Å². The smallest absolute Gasteiger partial charge is 0.150 e. The van der Waals surface area contributed by atoms with Crippen LogP contribution in [0.1, 0.15) is 5.56 Å². The average molecular weight is 283 g/mol. The molecule has 0 fully saturated rings. The van der Waals surface area contributed by atoms with Gasteiger partial charge in [-0.15, -0.1) is 12.4 Å². The SMILES string of the molecule is Cl.NCC(=O)Cc1ccc(F)cc1Br. The molecule has 2 N–H and O–H groups in total. The van der Waals surface area contributed by atoms with Gasteiger partial charge in [0, 0.05) is 10.9 Å². The normalized spacial score (nSPS) is 9.36. The third kappa shape index (κ3) is 3.74. The number of carbonyl (C=O) groups excluding carboxylic acids is 1. The molecule has 0 atom stereocenters. The first-order chi connectivity index (χ1) is 6.13. The molecule has 0 aliphatic rings. The molecule has 0 amide bonds. The van der Waals surface area contributed by atoms with Gasteiger partial charge in [-0.25, -0.2) is 4.39 Å². The van der Waals surface area contributed by atoms with Crippen molar-refractivity contribution in [3.8, 4) is 0 Å². The predicted octanol–water partition coefficient (Wildman–Crippen LogP) is 2.08. The summed E-state index contributed by atoms with van der Waals surface area (Å²) < 4.78 is 13.2. The molecule has 0 unspecified atom stereocenters. The zero-order valence-corrected chi connectivity index (χ0v) is 9.70. The molecule has 1 aromatic rings. The van der Waals surface area contributed by atoms with Crippen molar-refractivity contribution < 1.29 is 9.18 Å². The van der Waals surface area contributed by atoms with Gasteiger partial charge in [0.15, 0.2) is 5.78 Å². The lowest BCUT2D eigenvalue weighted by Crippen LogP contribution is -2.15. The van der Waals surface area contributed by atoms with Crippen LogP contribution in [0.2, 0.25) is 0 Å². The number of benzene rings is 1. The maximum atomic E-state index is 12.6. The number of rotatable bonds is 3. The first-order valence-electron chi connectivity index (χ1n) is 3.79. The summed E-state index contributed by atoms with van der Waals surface area (Å²) in [6.07, 6.45) is 0.247. The summed E-state index contributed by atoms with van der Waals surface area (Å²) in [4.78, 5) is 11.0. The van der Waals surface area contributed by atoms with Gasteiger partial charge in [-0.05, 0) is 17.7 Å². The van der Waals surface area contributed by atoms with Crippen molar-refractivity contribution >= 4 is 34.1 Å². The van der Waals surface area contributed by atoms with Gasteiger partial charge in [0.2, 0.25) is 0 Å². The molecule has 0 aliphatic heterocycles. The summed E-state index contributed by atoms with van der Waals surface area (Å²) in [7, 11) is 0. The Bertz CT molecular complexity index is 333. The van der Waals surface area contributed by atoms with Gasteiger partial charge in [-0.1, -0.05) is 22.0 Å². The molecule has 1 rings (SSSR count). The van der Waals surface area contributed by atoms with Crippen molar-refractivity contribution in [3.63, 3.8) is 0 Å². The first kappa shape index (κ1) is 13.5. The Kier molecular flexibility index (Phi) is 5.92. The van der Waals surface area contributed by atoms with Crippen molar-refractivity contribution in [1.82, 2.24) is 0 Å². The lowest BCUT2D eigenvalue weighted by molar-refractivity contribution is -0.117. The highest BCUT2D eigenvalue weighted by molar-refractivity contribution is 9.10. The van der Waals surface area contributed by atoms with Crippen LogP contribution >= 0.6 is 28.3 Å². The lowest BCUT2D eigenvalue weighted by Gasteiger charge is -2.02. The summed E-state index contributed by atoms with van der Waals surface area (Å²) in [5.74, 6) is -0.386. The average Bonchev–Trinajstić information content (AvgIpc) is 2.09. The number of hydrogen-bond donors (Lipinski definition) is 1. The van der Waals surface area contributed by atoms with Crippen LogP contribution in [0.25, 0.3) is 0 Å². The molecule has 78 valence electrons. The number of Topliss-reactive ketones (excluding diaryl/α,β-unsaturated/α-hetero) is 1. The number of nitrogens with two attached hydrogens (primary N) is 1. The Morgan fingerprint density at radius 3 is 2.64 bits per heavy atom. The van der Waals surface area contributed by atoms with E-state index in [4.69, 9.17) is 5.73 Å². The standard InChI is InChI=1S/C9H9BrFNO.ClH/c10-9-4-7(11)2-1-6(9)3-8(13)5-12;/h1-2,4H,3,5,12H2;1H. The molecule has 2 nitrogen and oxygen atoms in total. The molecule has 0 saturated heterocycles. The highest BCUT2D eigenvalue weighted by atomic mass is 79.9. The maximum absolute atomic E-state index is 12.6. The van der Waals surface area contributed by atoms with E-state index < -0.39 is 0 Å². The number of hydrogen-bond acceptors (Lipinski definition) is 2. The van der Waals surface area contributed by atoms with Crippen molar-refractivity contribution in [1.29, 1.82) is 0 Å². The number of ketones is 1. The van der Waals surface area contributed by atoms with E-state index in [0.717, 1.165) is 5.56 Å². The van der Waals surface area contributed by atoms with Crippen LogP contribution in [0.15, 0.2) is 22.7 Å². The summed E-state index contributed by atoms with van der Waals surface area (Å²) in [5, 5.41) is 0. The molecular formula is C9H10BrClFNO. The van der Waals surface area contributed by atoms with Crippen LogP contribution in [0.3, 0.4) is 0 Å². The van der Waals surface area contributed by atoms with Crippen molar-refractivity contribution in [2.24, 2.45) is 5.73 Å². The Morgan fingerprint density at radius 1 is 1.50 bits per heavy atom. The van der Waals surface area contributed by atoms with E-state index in [1.54, 1.807) is 6.07 Å². The van der Waals surface area contributed by atoms with Crippen LogP contribution in [-0.4, -0.2) is 12.3 Å². The largest absolute Gasteiger partial charge is 0.324 e. The molecule has 0 bridgehead atoms. The Hall–Kier alpha value is -0.450. The van der Waals surface area contributed by atoms with Gasteiger partial charge >= 0.3 is 0 Å². The second kappa shape index (κ2) is 6.11. The lowest BCUT2D eigenvalue weighted by atomic mass is 10.1. The van der Waals surface area contributed by atoms with Gasteiger partial charge in [-0.3, -0.25) is 4.79 Å². The fourth-order valence-corrected chi connectivity index (χ4v) is 1.44. The summed E-state index contributed by atoms with van der Waals surface area (Å²) >= 11 is 3.17. The summed E-state index contributed by atoms with van der Waals surface area (Å²) in [6, 6.07) is 4.23. The quantitative estimate of drug-likeness (QED) is 0.922. The minimum Gasteiger partial charge on any atom is -0.324 e. The van der Waals surface area contributed by atoms with E-state index >= 15 is 0 Å². The molecule has 0 spiro atoms. The molecule has 0 aromatic heterocycles. The van der Waals surface area contributed by atoms with Gasteiger partial charge in [0.05, 0.1) is 6.54 Å². The van der Waals surface area contributed by atoms with Gasteiger partial charge in [0.25, 0.3) is 0 Å². The highest BCUT2D eigenvalue weighted by Gasteiger charge is 2.05. The Balaban J connectivity index is 0.00000169. The zero-order chi connectivity index (χ0) is 9.84. The fraction of sp³-hybridized carbons (Fsp3) is 0.222. The van der Waals surface area contributed by atoms with Gasteiger partial charge < -0.3 is 5.73 Å². The molecule has 1 aromatic carbocycles. The Labute approximate surface area is 96.2 Å². The Morgan fingerprint density at radius 2 is 2.14 bits per heavy atom. The zero-order valence-electron chi connectivity index (χ0n) is 7.30. The van der Waals surface area contributed by atoms with Crippen molar-refractivity contribution in [3.05, 3.63) is 34.1 Å². The predicted molar refractivity (Wildman–Crippen MR) is 59.1 cm³/mol. The van der Waals surface area contributed by atoms with Gasteiger partial charge in [0.1, 0.15) is 5.82 Å². The van der Waals surface area contributed by atoms with E-state index in [0.29, 0.717) is 4.47 Å². The van der Waals surface area contributed by atoms with Gasteiger partial charge in [-0.2, -0.15) is 0 Å². The second-order valence-corrected chi connectivity index (χ2v) is 3.51. The molecule has 0 saturated carbocycles. The van der Waals surface area contributed by atoms with Crippen LogP contribution in [0.5, 0.6) is 0 Å². The first-order valence-corrected chi connectivity index (χ1v) is 4.58. The molecule has 14 heavy (non-hydrogen) atoms. The highest BCUT2D eigenvalue weighted by Crippen LogP contribution is 2.18. The van der Waals surface area contributed by atoms with Crippen LogP contribution in [-0.2, 0) is 11.2 Å². The number of halogens is 3. The van der Waals surface area contributed by atoms with Crippen LogP contribution < -0.4 is 5.73 Å². The third-order valence-corrected chi connectivity index (χ3v) is 2.37. The summed E-state index contributed by atoms with van der Waals surface area (Å²) in [5.41, 5.74) is 5.92. The topological polar surface area (TPSA) is 43.1 Å². The van der Waals surface area contributed by atoms with Crippen molar-refractivity contribution in [2.45, 2.75) is 6.42 Å². The van der Waals surface area contributed by atoms with Crippen LogP contribution in [0, 0.1) is 5.82 Å². The van der Waals surface area contributed by atoms with E-state index in [1.807, 2.05) is 0 Å². The second-order valence-electron chi connectivity index (χ2n) is 2.66. The van der Waals surface area contributed by atoms with E-state index in [9.17, 15) is 9.18 Å². The molecule has 0 radical (unpaired) electrons. The van der Waals surface area contributed by atoms with Crippen molar-refractivity contribution in [2.75, 3.05) is 6.54 Å². The molecule has 0 heterocycles. The summed E-state index contributed by atoms with van der Waals surface area (Å²) in [6.45, 7) is 0.0177. The maximum Gasteiger partial charge on any atom is 0.150 e. The fourth-order valence-electron chi connectivity index (χ4n) is 0.950.